The molecule has 134 valence electrons. The molecule has 3 rings (SSSR count). The van der Waals surface area contributed by atoms with Gasteiger partial charge in [-0.2, -0.15) is 4.68 Å². The molecule has 1 atom stereocenters. The molecular formula is C18H18ClN5OS. The second kappa shape index (κ2) is 8.33. The average Bonchev–Trinajstić information content (AvgIpc) is 3.10. The Labute approximate surface area is 161 Å². The quantitative estimate of drug-likeness (QED) is 0.606. The number of carbonyl (C=O) groups is 1. The molecule has 0 aliphatic heterocycles. The number of aromatic nitrogens is 4. The van der Waals surface area contributed by atoms with Gasteiger partial charge in [0.1, 0.15) is 0 Å². The summed E-state index contributed by atoms with van der Waals surface area (Å²) < 4.78 is 1.60. The summed E-state index contributed by atoms with van der Waals surface area (Å²) in [6.45, 7) is 2.42. The van der Waals surface area contributed by atoms with Gasteiger partial charge in [-0.05, 0) is 47.2 Å². The summed E-state index contributed by atoms with van der Waals surface area (Å²) in [5.41, 5.74) is 1.88. The summed E-state index contributed by atoms with van der Waals surface area (Å²) >= 11 is 7.25. The molecule has 0 saturated heterocycles. The van der Waals surface area contributed by atoms with Crippen molar-refractivity contribution in [1.82, 2.24) is 25.1 Å². The molecule has 0 unspecified atom stereocenters. The topological polar surface area (TPSA) is 63.9 Å². The first-order valence-electron chi connectivity index (χ1n) is 8.04. The summed E-state index contributed by atoms with van der Waals surface area (Å²) in [4.78, 5) is 14.4. The van der Waals surface area contributed by atoms with Crippen molar-refractivity contribution in [2.45, 2.75) is 23.9 Å². The molecule has 8 heteroatoms. The molecular weight excluding hydrogens is 370 g/mol. The molecule has 1 aromatic heterocycles. The summed E-state index contributed by atoms with van der Waals surface area (Å²) in [5, 5.41) is 12.7. The van der Waals surface area contributed by atoms with E-state index in [0.29, 0.717) is 16.7 Å². The van der Waals surface area contributed by atoms with Crippen molar-refractivity contribution in [3.05, 3.63) is 65.2 Å². The standard InChI is InChI=1S/C18H18ClN5OS/c1-13(17(25)23(2)12-14-6-4-3-5-7-14)26-18-20-21-22-24(18)16-10-8-15(19)9-11-16/h3-11,13H,12H2,1-2H3/t13-/m1/s1. The third kappa shape index (κ3) is 4.42. The van der Waals surface area contributed by atoms with E-state index in [0.717, 1.165) is 11.3 Å². The number of benzene rings is 2. The molecule has 0 N–H and O–H groups in total. The van der Waals surface area contributed by atoms with Gasteiger partial charge in [0.25, 0.3) is 0 Å². The molecule has 2 aromatic carbocycles. The molecule has 0 fully saturated rings. The van der Waals surface area contributed by atoms with Crippen LogP contribution in [0.15, 0.2) is 59.8 Å². The van der Waals surface area contributed by atoms with E-state index in [1.807, 2.05) is 49.4 Å². The third-order valence-electron chi connectivity index (χ3n) is 3.78. The van der Waals surface area contributed by atoms with E-state index in [1.54, 1.807) is 28.8 Å². The molecule has 3 aromatic rings. The van der Waals surface area contributed by atoms with Gasteiger partial charge in [0.05, 0.1) is 10.9 Å². The van der Waals surface area contributed by atoms with E-state index in [4.69, 9.17) is 11.6 Å². The minimum absolute atomic E-state index is 0.0181. The number of rotatable bonds is 6. The number of amides is 1. The smallest absolute Gasteiger partial charge is 0.235 e. The molecule has 0 spiro atoms. The molecule has 0 bridgehead atoms. The van der Waals surface area contributed by atoms with Crippen molar-refractivity contribution >= 4 is 29.3 Å². The fraction of sp³-hybridized carbons (Fsp3) is 0.222. The van der Waals surface area contributed by atoms with Crippen LogP contribution in [0.25, 0.3) is 5.69 Å². The molecule has 0 saturated carbocycles. The van der Waals surface area contributed by atoms with Gasteiger partial charge in [-0.1, -0.05) is 53.7 Å². The van der Waals surface area contributed by atoms with E-state index in [9.17, 15) is 4.79 Å². The SMILES string of the molecule is C[C@@H](Sc1nnnn1-c1ccc(Cl)cc1)C(=O)N(C)Cc1ccccc1. The normalized spacial score (nSPS) is 12.0. The van der Waals surface area contributed by atoms with Crippen LogP contribution in [0.4, 0.5) is 0 Å². The maximum atomic E-state index is 12.7. The monoisotopic (exact) mass is 387 g/mol. The number of nitrogens with zero attached hydrogens (tertiary/aromatic N) is 5. The third-order valence-corrected chi connectivity index (χ3v) is 5.05. The van der Waals surface area contributed by atoms with Crippen molar-refractivity contribution in [1.29, 1.82) is 0 Å². The molecule has 0 radical (unpaired) electrons. The van der Waals surface area contributed by atoms with E-state index in [1.165, 1.54) is 11.8 Å². The van der Waals surface area contributed by atoms with Crippen molar-refractivity contribution in [2.75, 3.05) is 7.05 Å². The highest BCUT2D eigenvalue weighted by atomic mass is 35.5. The Kier molecular flexibility index (Phi) is 5.90. The van der Waals surface area contributed by atoms with Crippen LogP contribution in [0.2, 0.25) is 5.02 Å². The molecule has 1 heterocycles. The number of hydrogen-bond donors (Lipinski definition) is 0. The van der Waals surface area contributed by atoms with Crippen LogP contribution < -0.4 is 0 Å². The Morgan fingerprint density at radius 2 is 1.88 bits per heavy atom. The first-order chi connectivity index (χ1) is 12.5. The minimum atomic E-state index is -0.319. The van der Waals surface area contributed by atoms with Gasteiger partial charge >= 0.3 is 0 Å². The van der Waals surface area contributed by atoms with E-state index >= 15 is 0 Å². The molecule has 26 heavy (non-hydrogen) atoms. The maximum absolute atomic E-state index is 12.7. The maximum Gasteiger partial charge on any atom is 0.235 e. The number of thioether (sulfide) groups is 1. The van der Waals surface area contributed by atoms with Gasteiger partial charge in [-0.25, -0.2) is 0 Å². The van der Waals surface area contributed by atoms with E-state index < -0.39 is 0 Å². The lowest BCUT2D eigenvalue weighted by atomic mass is 10.2. The van der Waals surface area contributed by atoms with Crippen LogP contribution in [0.5, 0.6) is 0 Å². The average molecular weight is 388 g/mol. The predicted molar refractivity (Wildman–Crippen MR) is 102 cm³/mol. The number of tetrazole rings is 1. The zero-order chi connectivity index (χ0) is 18.5. The lowest BCUT2D eigenvalue weighted by Crippen LogP contribution is -2.32. The van der Waals surface area contributed by atoms with Crippen LogP contribution in [-0.4, -0.2) is 43.3 Å². The fourth-order valence-corrected chi connectivity index (χ4v) is 3.50. The highest BCUT2D eigenvalue weighted by Crippen LogP contribution is 2.24. The number of halogens is 1. The Morgan fingerprint density at radius 3 is 2.58 bits per heavy atom. The lowest BCUT2D eigenvalue weighted by molar-refractivity contribution is -0.129. The summed E-state index contributed by atoms with van der Waals surface area (Å²) in [6.07, 6.45) is 0. The summed E-state index contributed by atoms with van der Waals surface area (Å²) in [7, 11) is 1.80. The largest absolute Gasteiger partial charge is 0.340 e. The zero-order valence-electron chi connectivity index (χ0n) is 14.4. The van der Waals surface area contributed by atoms with E-state index in [2.05, 4.69) is 15.5 Å². The van der Waals surface area contributed by atoms with Crippen LogP contribution in [0, 0.1) is 0 Å². The molecule has 1 amide bonds. The van der Waals surface area contributed by atoms with Gasteiger partial charge in [-0.15, -0.1) is 5.10 Å². The van der Waals surface area contributed by atoms with Crippen molar-refractivity contribution < 1.29 is 4.79 Å². The number of carbonyl (C=O) groups excluding carboxylic acids is 1. The van der Waals surface area contributed by atoms with Crippen LogP contribution in [0.3, 0.4) is 0 Å². The van der Waals surface area contributed by atoms with Crippen LogP contribution in [-0.2, 0) is 11.3 Å². The Bertz CT molecular complexity index is 869. The first-order valence-corrected chi connectivity index (χ1v) is 9.30. The minimum Gasteiger partial charge on any atom is -0.340 e. The second-order valence-corrected chi connectivity index (χ2v) is 7.53. The lowest BCUT2D eigenvalue weighted by Gasteiger charge is -2.21. The Hall–Kier alpha value is -2.38. The zero-order valence-corrected chi connectivity index (χ0v) is 16.0. The van der Waals surface area contributed by atoms with Crippen LogP contribution in [0.1, 0.15) is 12.5 Å². The van der Waals surface area contributed by atoms with Gasteiger partial charge < -0.3 is 4.90 Å². The molecule has 0 aliphatic rings. The first kappa shape index (κ1) is 18.4. The van der Waals surface area contributed by atoms with Crippen molar-refractivity contribution in [3.63, 3.8) is 0 Å². The van der Waals surface area contributed by atoms with Crippen molar-refractivity contribution in [2.24, 2.45) is 0 Å². The fourth-order valence-electron chi connectivity index (χ4n) is 2.45. The molecule has 6 nitrogen and oxygen atoms in total. The van der Waals surface area contributed by atoms with Gasteiger partial charge in [0.2, 0.25) is 11.1 Å². The highest BCUT2D eigenvalue weighted by Gasteiger charge is 2.22. The van der Waals surface area contributed by atoms with E-state index in [-0.39, 0.29) is 11.2 Å². The highest BCUT2D eigenvalue weighted by molar-refractivity contribution is 8.00. The predicted octanol–water partition coefficient (Wildman–Crippen LogP) is 3.45. The Balaban J connectivity index is 1.68. The van der Waals surface area contributed by atoms with Gasteiger partial charge in [0.15, 0.2) is 0 Å². The van der Waals surface area contributed by atoms with Gasteiger partial charge in [-0.3, -0.25) is 4.79 Å². The number of hydrogen-bond acceptors (Lipinski definition) is 5. The summed E-state index contributed by atoms with van der Waals surface area (Å²) in [6, 6.07) is 17.1. The molecule has 0 aliphatic carbocycles. The van der Waals surface area contributed by atoms with Crippen LogP contribution >= 0.6 is 23.4 Å². The van der Waals surface area contributed by atoms with Gasteiger partial charge in [0, 0.05) is 18.6 Å². The second-order valence-electron chi connectivity index (χ2n) is 5.79. The Morgan fingerprint density at radius 1 is 1.19 bits per heavy atom. The van der Waals surface area contributed by atoms with Crippen molar-refractivity contribution in [3.8, 4) is 5.69 Å². The summed E-state index contributed by atoms with van der Waals surface area (Å²) in [5.74, 6) is 0.0181.